The highest BCUT2D eigenvalue weighted by Crippen LogP contribution is 2.46. The number of sulfonamides is 3. The summed E-state index contributed by atoms with van der Waals surface area (Å²) in [6.45, 7) is 25.0. The third-order valence-electron chi connectivity index (χ3n) is 20.1. The Kier molecular flexibility index (Phi) is 26.4. The Labute approximate surface area is 640 Å². The van der Waals surface area contributed by atoms with Gasteiger partial charge in [-0.3, -0.25) is 29.1 Å². The lowest BCUT2D eigenvalue weighted by molar-refractivity contribution is 0.0999. The molecule has 0 spiro atoms. The molecule has 570 valence electrons. The molecule has 0 saturated carbocycles. The van der Waals surface area contributed by atoms with Crippen LogP contribution in [0.25, 0.3) is 32.3 Å². The first-order chi connectivity index (χ1) is 51.5. The van der Waals surface area contributed by atoms with Crippen molar-refractivity contribution in [1.29, 1.82) is 0 Å². The third kappa shape index (κ3) is 17.9. The number of hydrogen-bond donors (Lipinski definition) is 0. The van der Waals surface area contributed by atoms with Gasteiger partial charge in [0.25, 0.3) is 17.7 Å². The Morgan fingerprint density at radius 3 is 0.926 bits per heavy atom. The molecule has 2 atom stereocenters. The topological polar surface area (TPSA) is 210 Å². The molecule has 108 heavy (non-hydrogen) atoms. The van der Waals surface area contributed by atoms with E-state index in [4.69, 9.17) is 15.0 Å². The summed E-state index contributed by atoms with van der Waals surface area (Å²) in [4.78, 5) is 57.6. The van der Waals surface area contributed by atoms with Crippen molar-refractivity contribution >= 4 is 132 Å². The normalized spacial score (nSPS) is 14.7. The number of benzene rings is 9. The maximum Gasteiger partial charge on any atom is 0.264 e. The number of anilines is 3. The van der Waals surface area contributed by atoms with Crippen LogP contribution in [0.1, 0.15) is 195 Å². The second kappa shape index (κ2) is 35.1. The van der Waals surface area contributed by atoms with Gasteiger partial charge in [-0.25, -0.2) is 48.8 Å². The Hall–Kier alpha value is -9.09. The lowest BCUT2D eigenvalue weighted by Gasteiger charge is -2.36. The summed E-state index contributed by atoms with van der Waals surface area (Å²) in [5.74, 6) is 3.24. The first kappa shape index (κ1) is 81.4. The fraction of sp³-hybridized carbons (Fsp3) is 0.379. The summed E-state index contributed by atoms with van der Waals surface area (Å²) in [7, 11) is -9.15. The van der Waals surface area contributed by atoms with E-state index in [1.54, 1.807) is 23.3 Å². The monoisotopic (exact) mass is 1520 g/mol. The highest BCUT2D eigenvalue weighted by molar-refractivity contribution is 7.88. The van der Waals surface area contributed by atoms with Crippen molar-refractivity contribution < 1.29 is 39.6 Å². The van der Waals surface area contributed by atoms with E-state index in [1.807, 2.05) is 187 Å². The van der Waals surface area contributed by atoms with Crippen molar-refractivity contribution in [3.8, 4) is 0 Å². The zero-order chi connectivity index (χ0) is 78.0. The molecule has 3 amide bonds. The molecule has 6 aliphatic heterocycles. The number of nitrogens with zero attached hydrogens (tertiary/aromatic N) is 9. The van der Waals surface area contributed by atoms with Crippen molar-refractivity contribution in [3.05, 3.63) is 215 Å². The Morgan fingerprint density at radius 2 is 0.676 bits per heavy atom. The first-order valence-corrected chi connectivity index (χ1v) is 43.6. The molecular weight excluding hydrogens is 1410 g/mol. The molecule has 0 saturated heterocycles. The Morgan fingerprint density at radius 1 is 0.370 bits per heavy atom. The smallest absolute Gasteiger partial charge is 0.264 e. The van der Waals surface area contributed by atoms with Crippen LogP contribution in [0.15, 0.2) is 197 Å². The number of amidine groups is 3. The summed E-state index contributed by atoms with van der Waals surface area (Å²) in [6, 6.07) is 59.3. The second-order valence-corrected chi connectivity index (χ2v) is 35.4. The Balaban J connectivity index is 0.000000141. The molecule has 0 aromatic heterocycles. The molecule has 6 aliphatic rings. The van der Waals surface area contributed by atoms with Crippen LogP contribution in [0.5, 0.6) is 0 Å². The predicted molar refractivity (Wildman–Crippen MR) is 446 cm³/mol. The number of hydrogen-bond acceptors (Lipinski definition) is 12. The molecule has 9 aromatic carbocycles. The van der Waals surface area contributed by atoms with Crippen LogP contribution in [0.3, 0.4) is 0 Å². The molecule has 0 radical (unpaired) electrons. The van der Waals surface area contributed by atoms with E-state index >= 15 is 0 Å². The van der Waals surface area contributed by atoms with E-state index in [0.29, 0.717) is 38.0 Å². The third-order valence-corrected chi connectivity index (χ3v) is 24.3. The lowest BCUT2D eigenvalue weighted by Crippen LogP contribution is -2.48. The predicted octanol–water partition coefficient (Wildman–Crippen LogP) is 19.3. The molecule has 18 nitrogen and oxygen atoms in total. The standard InChI is InChI=1S/3C18H10N2O.C17H37NO2S.2C8H19NO2S/c3*21-18-13-8-2-1-7-12(13)17-19-14-9-3-5-11-6-4-10-15(16(11)14)20(17)18;1-6-10-12-16(8-3)14-18(21(5,19)20)15-17(9-4)13-11-7-2;1-7(2)9(8(3,4)5)12(6,10)11;1-4-6-8-9(7-5-2)12(3,10)11/h3*1-10H;16-17H,6-15H2,1-5H3;7H,1-6H3;4-8H2,1-3H3. The number of fused-ring (bicyclic) bond motifs is 12. The molecule has 2 unspecified atom stereocenters. The minimum Gasteiger partial charge on any atom is -0.268 e. The number of unbranched alkanes of at least 4 members (excludes halogenated alkanes) is 3. The van der Waals surface area contributed by atoms with E-state index in [2.05, 4.69) is 71.0 Å². The molecule has 0 fully saturated rings. The minimum absolute atomic E-state index is 0.00588. The van der Waals surface area contributed by atoms with Crippen LogP contribution in [-0.2, 0) is 30.1 Å². The van der Waals surface area contributed by atoms with Gasteiger partial charge in [-0.05, 0) is 143 Å². The van der Waals surface area contributed by atoms with E-state index < -0.39 is 30.1 Å². The summed E-state index contributed by atoms with van der Waals surface area (Å²) >= 11 is 0. The molecule has 15 rings (SSSR count). The van der Waals surface area contributed by atoms with Crippen LogP contribution in [0, 0.1) is 11.8 Å². The average Bonchev–Trinajstić information content (AvgIpc) is 1.44. The maximum atomic E-state index is 12.7. The van der Waals surface area contributed by atoms with Crippen molar-refractivity contribution in [2.45, 2.75) is 158 Å². The van der Waals surface area contributed by atoms with Gasteiger partial charge in [0.2, 0.25) is 30.1 Å². The fourth-order valence-corrected chi connectivity index (χ4v) is 18.8. The van der Waals surface area contributed by atoms with E-state index in [-0.39, 0.29) is 29.3 Å². The lowest BCUT2D eigenvalue weighted by atomic mass is 9.97. The number of aliphatic imine (C=N–C) groups is 3. The van der Waals surface area contributed by atoms with Crippen molar-refractivity contribution in [1.82, 2.24) is 12.9 Å². The zero-order valence-electron chi connectivity index (χ0n) is 65.1. The number of carbonyl (C=O) groups is 3. The zero-order valence-corrected chi connectivity index (χ0v) is 67.5. The van der Waals surface area contributed by atoms with Gasteiger partial charge >= 0.3 is 0 Å². The van der Waals surface area contributed by atoms with E-state index in [1.165, 1.54) is 48.8 Å². The molecule has 0 N–H and O–H groups in total. The van der Waals surface area contributed by atoms with Gasteiger partial charge in [-0.15, -0.1) is 0 Å². The molecule has 9 aromatic rings. The number of amides is 3. The summed E-state index contributed by atoms with van der Waals surface area (Å²) in [6.07, 6.45) is 16.0. The van der Waals surface area contributed by atoms with Gasteiger partial charge in [0.15, 0.2) is 0 Å². The van der Waals surface area contributed by atoms with E-state index in [9.17, 15) is 39.6 Å². The van der Waals surface area contributed by atoms with Gasteiger partial charge in [0, 0.05) is 70.6 Å². The fourth-order valence-electron chi connectivity index (χ4n) is 15.1. The second-order valence-electron chi connectivity index (χ2n) is 29.6. The summed E-state index contributed by atoms with van der Waals surface area (Å²) in [5.41, 5.74) is 10.1. The molecule has 0 bridgehead atoms. The maximum absolute atomic E-state index is 12.7. The summed E-state index contributed by atoms with van der Waals surface area (Å²) in [5, 5.41) is 6.46. The van der Waals surface area contributed by atoms with Crippen molar-refractivity contribution in [2.75, 3.05) is 59.6 Å². The van der Waals surface area contributed by atoms with Crippen molar-refractivity contribution in [3.63, 3.8) is 0 Å². The van der Waals surface area contributed by atoms with Crippen molar-refractivity contribution in [2.24, 2.45) is 26.8 Å². The van der Waals surface area contributed by atoms with Gasteiger partial charge in [0.1, 0.15) is 17.5 Å². The highest BCUT2D eigenvalue weighted by Gasteiger charge is 2.41. The number of rotatable bonds is 21. The molecular formula is C87H105N9O9S3. The van der Waals surface area contributed by atoms with Crippen LogP contribution >= 0.6 is 0 Å². The van der Waals surface area contributed by atoms with Gasteiger partial charge in [-0.1, -0.05) is 214 Å². The quantitative estimate of drug-likeness (QED) is 0.0669. The minimum atomic E-state index is -3.09. The SMILES string of the molecule is CC(C)N(C(C)(C)C)S(C)(=O)=O.CCCCC(CC)CN(CC(CC)CCCC)S(C)(=O)=O.CCCCN(CCC)S(C)(=O)=O.O=C1c2ccccc2C2=Nc3cccc4cccc(c34)N12.O=C1c2ccccc2C2=Nc3cccc4cccc(c34)N12.O=C1c2ccccc2C2=Nc3cccc4cccc(c34)N12. The van der Waals surface area contributed by atoms with Crippen LogP contribution in [0.2, 0.25) is 0 Å². The van der Waals surface area contributed by atoms with Gasteiger partial charge in [0.05, 0.1) is 69.6 Å². The Bertz CT molecular complexity index is 4850. The molecule has 6 heterocycles. The van der Waals surface area contributed by atoms with E-state index in [0.717, 1.165) is 162 Å². The van der Waals surface area contributed by atoms with Gasteiger partial charge < -0.3 is 0 Å². The molecule has 0 aliphatic carbocycles. The summed E-state index contributed by atoms with van der Waals surface area (Å²) < 4.78 is 74.0. The number of carbonyl (C=O) groups excluding carboxylic acids is 3. The van der Waals surface area contributed by atoms with Crippen LogP contribution in [-0.4, -0.2) is 130 Å². The largest absolute Gasteiger partial charge is 0.268 e. The van der Waals surface area contributed by atoms with Crippen LogP contribution in [0.4, 0.5) is 34.1 Å². The van der Waals surface area contributed by atoms with Crippen LogP contribution < -0.4 is 14.7 Å². The highest BCUT2D eigenvalue weighted by atomic mass is 32.2. The molecule has 21 heteroatoms. The average molecular weight is 1520 g/mol. The first-order valence-electron chi connectivity index (χ1n) is 38.0. The van der Waals surface area contributed by atoms with Gasteiger partial charge in [-0.2, -0.15) is 4.31 Å².